The van der Waals surface area contributed by atoms with Crippen molar-refractivity contribution in [3.05, 3.63) is 59.7 Å². The normalized spacial score (nSPS) is 16.2. The summed E-state index contributed by atoms with van der Waals surface area (Å²) in [6.07, 6.45) is 2.25. The minimum absolute atomic E-state index is 0.00124. The molecule has 2 aromatic rings. The molecule has 1 fully saturated rings. The van der Waals surface area contributed by atoms with Gasteiger partial charge in [0.2, 0.25) is 5.91 Å². The van der Waals surface area contributed by atoms with Gasteiger partial charge in [-0.05, 0) is 31.0 Å². The fourth-order valence-electron chi connectivity index (χ4n) is 3.62. The van der Waals surface area contributed by atoms with Crippen molar-refractivity contribution in [3.8, 4) is 11.5 Å². The van der Waals surface area contributed by atoms with Crippen molar-refractivity contribution < 1.29 is 19.1 Å². The highest BCUT2D eigenvalue weighted by atomic mass is 16.5. The van der Waals surface area contributed by atoms with Crippen molar-refractivity contribution in [2.45, 2.75) is 31.7 Å². The first-order valence-electron chi connectivity index (χ1n) is 9.23. The maximum Gasteiger partial charge on any atom is 0.223 e. The number of carbonyl (C=O) groups is 2. The van der Waals surface area contributed by atoms with Gasteiger partial charge in [-0.3, -0.25) is 9.59 Å². The van der Waals surface area contributed by atoms with E-state index >= 15 is 0 Å². The molecule has 5 heteroatoms. The highest BCUT2D eigenvalue weighted by molar-refractivity contribution is 5.97. The number of amides is 1. The third kappa shape index (κ3) is 4.30. The molecule has 5 nitrogen and oxygen atoms in total. The minimum Gasteiger partial charge on any atom is -0.497 e. The monoisotopic (exact) mass is 367 g/mol. The van der Waals surface area contributed by atoms with Crippen LogP contribution in [-0.4, -0.2) is 37.4 Å². The zero-order valence-electron chi connectivity index (χ0n) is 15.8. The van der Waals surface area contributed by atoms with Gasteiger partial charge in [-0.15, -0.1) is 0 Å². The molecule has 3 rings (SSSR count). The van der Waals surface area contributed by atoms with E-state index in [1.165, 1.54) is 0 Å². The second-order valence-electron chi connectivity index (χ2n) is 6.64. The number of rotatable bonds is 7. The van der Waals surface area contributed by atoms with Gasteiger partial charge in [0.25, 0.3) is 0 Å². The maximum atomic E-state index is 12.8. The summed E-state index contributed by atoms with van der Waals surface area (Å²) in [7, 11) is 3.25. The largest absolute Gasteiger partial charge is 0.497 e. The number of hydrogen-bond acceptors (Lipinski definition) is 4. The molecule has 0 aliphatic carbocycles. The molecule has 1 saturated heterocycles. The number of Topliss-reactive ketones (excluding diaryl/α,β-unsaturated/α-hetero) is 1. The zero-order valence-corrected chi connectivity index (χ0v) is 15.8. The molecule has 0 N–H and O–H groups in total. The fraction of sp³-hybridized carbons (Fsp3) is 0.364. The maximum absolute atomic E-state index is 12.8. The number of nitrogens with zero attached hydrogens (tertiary/aromatic N) is 1. The lowest BCUT2D eigenvalue weighted by Gasteiger charge is -2.26. The number of benzene rings is 2. The van der Waals surface area contributed by atoms with Crippen LogP contribution in [0.1, 0.15) is 47.6 Å². The summed E-state index contributed by atoms with van der Waals surface area (Å²) in [5.41, 5.74) is 1.61. The van der Waals surface area contributed by atoms with Crippen LogP contribution >= 0.6 is 0 Å². The molecule has 1 heterocycles. The number of methoxy groups -OCH3 is 2. The molecule has 1 unspecified atom stereocenters. The predicted octanol–water partition coefficient (Wildman–Crippen LogP) is 4.03. The van der Waals surface area contributed by atoms with Gasteiger partial charge < -0.3 is 14.4 Å². The van der Waals surface area contributed by atoms with Crippen LogP contribution in [0.3, 0.4) is 0 Å². The van der Waals surface area contributed by atoms with Gasteiger partial charge in [-0.2, -0.15) is 0 Å². The van der Waals surface area contributed by atoms with Gasteiger partial charge in [0.1, 0.15) is 11.5 Å². The third-order valence-corrected chi connectivity index (χ3v) is 5.03. The van der Waals surface area contributed by atoms with E-state index in [9.17, 15) is 9.59 Å². The van der Waals surface area contributed by atoms with Gasteiger partial charge in [-0.25, -0.2) is 0 Å². The van der Waals surface area contributed by atoms with E-state index in [0.29, 0.717) is 12.1 Å². The lowest BCUT2D eigenvalue weighted by atomic mass is 10.0. The van der Waals surface area contributed by atoms with Gasteiger partial charge in [-0.1, -0.05) is 30.3 Å². The molecule has 0 saturated carbocycles. The highest BCUT2D eigenvalue weighted by Crippen LogP contribution is 2.39. The summed E-state index contributed by atoms with van der Waals surface area (Å²) >= 11 is 0. The lowest BCUT2D eigenvalue weighted by molar-refractivity contribution is -0.132. The molecule has 1 amide bonds. The summed E-state index contributed by atoms with van der Waals surface area (Å²) in [6.45, 7) is 0.698. The van der Waals surface area contributed by atoms with Crippen LogP contribution in [0.4, 0.5) is 0 Å². The lowest BCUT2D eigenvalue weighted by Crippen LogP contribution is -2.31. The van der Waals surface area contributed by atoms with E-state index in [0.717, 1.165) is 29.9 Å². The first kappa shape index (κ1) is 19.0. The SMILES string of the molecule is COc1ccc(OC)c(C2CCCN2C(=O)CCC(=O)c2ccccc2)c1. The van der Waals surface area contributed by atoms with E-state index in [2.05, 4.69) is 0 Å². The predicted molar refractivity (Wildman–Crippen MR) is 103 cm³/mol. The van der Waals surface area contributed by atoms with Gasteiger partial charge in [0, 0.05) is 30.5 Å². The average molecular weight is 367 g/mol. The Labute approximate surface area is 159 Å². The fourth-order valence-corrected chi connectivity index (χ4v) is 3.62. The molecule has 1 aliphatic heterocycles. The van der Waals surface area contributed by atoms with Crippen LogP contribution in [0.25, 0.3) is 0 Å². The number of hydrogen-bond donors (Lipinski definition) is 0. The molecule has 27 heavy (non-hydrogen) atoms. The van der Waals surface area contributed by atoms with Crippen LogP contribution in [0, 0.1) is 0 Å². The molecule has 0 aromatic heterocycles. The van der Waals surface area contributed by atoms with Crippen molar-refractivity contribution in [2.24, 2.45) is 0 Å². The van der Waals surface area contributed by atoms with E-state index in [1.807, 2.05) is 41.3 Å². The first-order valence-corrected chi connectivity index (χ1v) is 9.23. The van der Waals surface area contributed by atoms with Crippen molar-refractivity contribution in [1.82, 2.24) is 4.90 Å². The van der Waals surface area contributed by atoms with E-state index in [1.54, 1.807) is 26.4 Å². The summed E-state index contributed by atoms with van der Waals surface area (Å²) < 4.78 is 10.8. The molecule has 1 atom stereocenters. The van der Waals surface area contributed by atoms with Gasteiger partial charge in [0.15, 0.2) is 5.78 Å². The first-order chi connectivity index (χ1) is 13.1. The van der Waals surface area contributed by atoms with Crippen LogP contribution in [0.2, 0.25) is 0 Å². The Morgan fingerprint density at radius 3 is 2.52 bits per heavy atom. The standard InChI is InChI=1S/C22H25NO4/c1-26-17-10-12-21(27-2)18(15-17)19-9-6-14-23(19)22(25)13-11-20(24)16-7-4-3-5-8-16/h3-5,7-8,10,12,15,19H,6,9,11,13-14H2,1-2H3. The van der Waals surface area contributed by atoms with Crippen LogP contribution < -0.4 is 9.47 Å². The van der Waals surface area contributed by atoms with Crippen molar-refractivity contribution in [3.63, 3.8) is 0 Å². The van der Waals surface area contributed by atoms with E-state index < -0.39 is 0 Å². The molecule has 1 aliphatic rings. The Morgan fingerprint density at radius 1 is 1.04 bits per heavy atom. The number of likely N-dealkylation sites (tertiary alicyclic amines) is 1. The smallest absolute Gasteiger partial charge is 0.223 e. The molecular formula is C22H25NO4. The van der Waals surface area contributed by atoms with Crippen molar-refractivity contribution in [2.75, 3.05) is 20.8 Å². The summed E-state index contributed by atoms with van der Waals surface area (Å²) in [5.74, 6) is 1.50. The molecule has 0 bridgehead atoms. The summed E-state index contributed by atoms with van der Waals surface area (Å²) in [4.78, 5) is 27.0. The summed E-state index contributed by atoms with van der Waals surface area (Å²) in [5, 5.41) is 0. The Hall–Kier alpha value is -2.82. The molecule has 142 valence electrons. The Balaban J connectivity index is 1.71. The highest BCUT2D eigenvalue weighted by Gasteiger charge is 2.32. The van der Waals surface area contributed by atoms with Crippen molar-refractivity contribution >= 4 is 11.7 Å². The Kier molecular flexibility index (Phi) is 6.12. The van der Waals surface area contributed by atoms with Crippen LogP contribution in [0.5, 0.6) is 11.5 Å². The Morgan fingerprint density at radius 2 is 1.81 bits per heavy atom. The zero-order chi connectivity index (χ0) is 19.2. The number of carbonyl (C=O) groups excluding carboxylic acids is 2. The van der Waals surface area contributed by atoms with E-state index in [-0.39, 0.29) is 30.6 Å². The topological polar surface area (TPSA) is 55.8 Å². The average Bonchev–Trinajstić information content (AvgIpc) is 3.21. The molecule has 2 aromatic carbocycles. The van der Waals surface area contributed by atoms with Crippen LogP contribution in [-0.2, 0) is 4.79 Å². The number of ether oxygens (including phenoxy) is 2. The number of ketones is 1. The Bertz CT molecular complexity index is 803. The molecule has 0 spiro atoms. The van der Waals surface area contributed by atoms with E-state index in [4.69, 9.17) is 9.47 Å². The van der Waals surface area contributed by atoms with Gasteiger partial charge >= 0.3 is 0 Å². The van der Waals surface area contributed by atoms with Crippen LogP contribution in [0.15, 0.2) is 48.5 Å². The quantitative estimate of drug-likeness (QED) is 0.693. The third-order valence-electron chi connectivity index (χ3n) is 5.03. The molecular weight excluding hydrogens is 342 g/mol. The second kappa shape index (κ2) is 8.71. The second-order valence-corrected chi connectivity index (χ2v) is 6.64. The van der Waals surface area contributed by atoms with Gasteiger partial charge in [0.05, 0.1) is 20.3 Å². The molecule has 0 radical (unpaired) electrons. The van der Waals surface area contributed by atoms with Crippen molar-refractivity contribution in [1.29, 1.82) is 0 Å². The minimum atomic E-state index is -0.0469. The summed E-state index contributed by atoms with van der Waals surface area (Å²) in [6, 6.07) is 14.7.